The second-order valence-electron chi connectivity index (χ2n) is 3.34. The normalized spacial score (nSPS) is 14.8. The number of benzene rings is 1. The number of thioether (sulfide) groups is 1. The molecule has 19 heavy (non-hydrogen) atoms. The van der Waals surface area contributed by atoms with E-state index in [4.69, 9.17) is 5.11 Å². The first-order valence-electron chi connectivity index (χ1n) is 4.67. The minimum Gasteiger partial charge on any atom is -0.508 e. The van der Waals surface area contributed by atoms with E-state index in [0.29, 0.717) is 7.11 Å². The number of phenolic OH excluding ortho intramolecular Hbond substituents is 2. The van der Waals surface area contributed by atoms with Crippen LogP contribution in [0.2, 0.25) is 0 Å². The zero-order valence-corrected chi connectivity index (χ0v) is 10.2. The first-order valence-corrected chi connectivity index (χ1v) is 5.48. The highest BCUT2D eigenvalue weighted by Gasteiger charge is 2.64. The highest BCUT2D eigenvalue weighted by Crippen LogP contribution is 2.49. The summed E-state index contributed by atoms with van der Waals surface area (Å²) in [5.74, 6) is -3.35. The lowest BCUT2D eigenvalue weighted by Gasteiger charge is -2.24. The molecule has 2 N–H and O–H groups in total. The highest BCUT2D eigenvalue weighted by molar-refractivity contribution is 8.01. The number of esters is 1. The standard InChI is InChI=1S/C10H8F4O4S/c1-18-8(17)9(11,10(12,13)14)19-7-3-2-5(15)4-6(7)16/h2-4,15-16H,1H3/t9-/m1/s1. The van der Waals surface area contributed by atoms with Crippen molar-refractivity contribution in [3.63, 3.8) is 0 Å². The molecule has 0 radical (unpaired) electrons. The van der Waals surface area contributed by atoms with Crippen LogP contribution in [0.25, 0.3) is 0 Å². The molecule has 0 aromatic heterocycles. The zero-order valence-electron chi connectivity index (χ0n) is 9.36. The Bertz CT molecular complexity index is 491. The lowest BCUT2D eigenvalue weighted by molar-refractivity contribution is -0.209. The monoisotopic (exact) mass is 300 g/mol. The topological polar surface area (TPSA) is 66.8 Å². The van der Waals surface area contributed by atoms with Gasteiger partial charge in [-0.3, -0.25) is 0 Å². The molecular weight excluding hydrogens is 292 g/mol. The van der Waals surface area contributed by atoms with E-state index in [0.717, 1.165) is 18.2 Å². The van der Waals surface area contributed by atoms with E-state index >= 15 is 0 Å². The number of halogens is 4. The number of ether oxygens (including phenoxy) is 1. The van der Waals surface area contributed by atoms with Crippen molar-refractivity contribution >= 4 is 17.7 Å². The van der Waals surface area contributed by atoms with Gasteiger partial charge in [0, 0.05) is 6.07 Å². The Kier molecular flexibility index (Phi) is 4.18. The van der Waals surface area contributed by atoms with Gasteiger partial charge in [-0.25, -0.2) is 9.18 Å². The minimum atomic E-state index is -5.53. The van der Waals surface area contributed by atoms with Crippen molar-refractivity contribution in [2.45, 2.75) is 16.1 Å². The predicted octanol–water partition coefficient (Wildman–Crippen LogP) is 2.59. The van der Waals surface area contributed by atoms with Crippen LogP contribution in [0.4, 0.5) is 17.6 Å². The largest absolute Gasteiger partial charge is 0.508 e. The number of hydrogen-bond donors (Lipinski definition) is 2. The SMILES string of the molecule is COC(=O)[C@@](F)(Sc1ccc(O)cc1O)C(F)(F)F. The number of alkyl halides is 4. The van der Waals surface area contributed by atoms with Crippen LogP contribution in [0, 0.1) is 0 Å². The molecule has 0 bridgehead atoms. The summed E-state index contributed by atoms with van der Waals surface area (Å²) in [6.07, 6.45) is -5.53. The van der Waals surface area contributed by atoms with E-state index in [-0.39, 0.29) is 0 Å². The number of rotatable bonds is 3. The van der Waals surface area contributed by atoms with Gasteiger partial charge < -0.3 is 14.9 Å². The van der Waals surface area contributed by atoms with Crippen molar-refractivity contribution in [2.75, 3.05) is 7.11 Å². The molecule has 106 valence electrons. The molecule has 0 amide bonds. The van der Waals surface area contributed by atoms with E-state index in [1.54, 1.807) is 0 Å². The van der Waals surface area contributed by atoms with Crippen molar-refractivity contribution in [3.05, 3.63) is 18.2 Å². The molecule has 0 unspecified atom stereocenters. The summed E-state index contributed by atoms with van der Waals surface area (Å²) in [7, 11) is 0.611. The Hall–Kier alpha value is -1.64. The number of methoxy groups -OCH3 is 1. The molecule has 9 heteroatoms. The van der Waals surface area contributed by atoms with Gasteiger partial charge >= 0.3 is 17.1 Å². The molecule has 0 aliphatic carbocycles. The van der Waals surface area contributed by atoms with Gasteiger partial charge in [-0.05, 0) is 12.1 Å². The molecular formula is C10H8F4O4S. The second kappa shape index (κ2) is 5.16. The van der Waals surface area contributed by atoms with Gasteiger partial charge in [0.15, 0.2) is 0 Å². The van der Waals surface area contributed by atoms with Gasteiger partial charge in [0.1, 0.15) is 11.5 Å². The summed E-state index contributed by atoms with van der Waals surface area (Å²) in [5, 5.41) is 13.9. The average Bonchev–Trinajstić information content (AvgIpc) is 2.30. The number of carbonyl (C=O) groups excluding carboxylic acids is 1. The van der Waals surface area contributed by atoms with Crippen molar-refractivity contribution in [1.82, 2.24) is 0 Å². The van der Waals surface area contributed by atoms with Gasteiger partial charge in [-0.15, -0.1) is 0 Å². The van der Waals surface area contributed by atoms with Gasteiger partial charge in [0.2, 0.25) is 0 Å². The van der Waals surface area contributed by atoms with Crippen LogP contribution in [0.3, 0.4) is 0 Å². The summed E-state index contributed by atoms with van der Waals surface area (Å²) in [4.78, 5) is 10.4. The third-order valence-corrected chi connectivity index (χ3v) is 3.25. The molecule has 0 aliphatic rings. The van der Waals surface area contributed by atoms with Crippen molar-refractivity contribution in [2.24, 2.45) is 0 Å². The van der Waals surface area contributed by atoms with Gasteiger partial charge in [0.25, 0.3) is 0 Å². The van der Waals surface area contributed by atoms with E-state index in [1.165, 1.54) is 0 Å². The Balaban J connectivity index is 3.19. The van der Waals surface area contributed by atoms with Crippen LogP contribution in [-0.2, 0) is 9.53 Å². The molecule has 0 heterocycles. The molecule has 1 rings (SSSR count). The molecule has 0 spiro atoms. The van der Waals surface area contributed by atoms with Gasteiger partial charge in [-0.2, -0.15) is 13.2 Å². The minimum absolute atomic E-state index is 0.420. The molecule has 0 fully saturated rings. The number of aromatic hydroxyl groups is 2. The highest BCUT2D eigenvalue weighted by atomic mass is 32.2. The lowest BCUT2D eigenvalue weighted by atomic mass is 10.3. The van der Waals surface area contributed by atoms with Crippen LogP contribution in [0.15, 0.2) is 23.1 Å². The van der Waals surface area contributed by atoms with Gasteiger partial charge in [-0.1, -0.05) is 11.8 Å². The quantitative estimate of drug-likeness (QED) is 0.510. The Morgan fingerprint density at radius 3 is 2.26 bits per heavy atom. The Morgan fingerprint density at radius 2 is 1.84 bits per heavy atom. The maximum atomic E-state index is 13.8. The maximum Gasteiger partial charge on any atom is 0.443 e. The summed E-state index contributed by atoms with van der Waals surface area (Å²) in [6.45, 7) is 0. The second-order valence-corrected chi connectivity index (χ2v) is 4.55. The maximum absolute atomic E-state index is 13.8. The first kappa shape index (κ1) is 15.4. The van der Waals surface area contributed by atoms with Crippen molar-refractivity contribution in [3.8, 4) is 11.5 Å². The molecule has 1 atom stereocenters. The summed E-state index contributed by atoms with van der Waals surface area (Å²) in [5.41, 5.74) is 0. The van der Waals surface area contributed by atoms with Crippen molar-refractivity contribution < 1.29 is 37.3 Å². The Morgan fingerprint density at radius 1 is 1.26 bits per heavy atom. The zero-order chi connectivity index (χ0) is 14.8. The van der Waals surface area contributed by atoms with Gasteiger partial charge in [0.05, 0.1) is 12.0 Å². The summed E-state index contributed by atoms with van der Waals surface area (Å²) >= 11 is -0.561. The first-order chi connectivity index (χ1) is 8.61. The van der Waals surface area contributed by atoms with E-state index in [1.807, 2.05) is 0 Å². The Labute approximate surface area is 109 Å². The van der Waals surface area contributed by atoms with E-state index < -0.39 is 45.3 Å². The molecule has 4 nitrogen and oxygen atoms in total. The van der Waals surface area contributed by atoms with Crippen LogP contribution in [0.5, 0.6) is 11.5 Å². The van der Waals surface area contributed by atoms with Crippen LogP contribution in [0.1, 0.15) is 0 Å². The van der Waals surface area contributed by atoms with E-state index in [2.05, 4.69) is 4.74 Å². The molecule has 0 aliphatic heterocycles. The number of phenols is 2. The molecule has 1 aromatic rings. The van der Waals surface area contributed by atoms with E-state index in [9.17, 15) is 27.5 Å². The number of hydrogen-bond acceptors (Lipinski definition) is 5. The van der Waals surface area contributed by atoms with Crippen molar-refractivity contribution in [1.29, 1.82) is 0 Å². The molecule has 1 aromatic carbocycles. The third-order valence-electron chi connectivity index (χ3n) is 2.01. The lowest BCUT2D eigenvalue weighted by Crippen LogP contribution is -2.45. The fourth-order valence-corrected chi connectivity index (χ4v) is 1.98. The van der Waals surface area contributed by atoms with Crippen LogP contribution < -0.4 is 0 Å². The average molecular weight is 300 g/mol. The fourth-order valence-electron chi connectivity index (χ4n) is 1.09. The predicted molar refractivity (Wildman–Crippen MR) is 57.5 cm³/mol. The van der Waals surface area contributed by atoms with Crippen LogP contribution in [-0.4, -0.2) is 34.5 Å². The summed E-state index contributed by atoms with van der Waals surface area (Å²) < 4.78 is 55.5. The molecule has 0 saturated carbocycles. The smallest absolute Gasteiger partial charge is 0.443 e. The number of carbonyl (C=O) groups is 1. The van der Waals surface area contributed by atoms with Crippen LogP contribution >= 0.6 is 11.8 Å². The molecule has 0 saturated heterocycles. The third kappa shape index (κ3) is 3.03. The fraction of sp³-hybridized carbons (Fsp3) is 0.300. The summed E-state index contributed by atoms with van der Waals surface area (Å²) in [6, 6.07) is 2.50.